The fraction of sp³-hybridized carbons (Fsp3) is 0.750. The summed E-state index contributed by atoms with van der Waals surface area (Å²) in [6, 6.07) is 0. The molecule has 1 aliphatic heterocycles. The van der Waals surface area contributed by atoms with Gasteiger partial charge >= 0.3 is 0 Å². The molecule has 1 aromatic rings. The summed E-state index contributed by atoms with van der Waals surface area (Å²) in [6.07, 6.45) is 2.36. The van der Waals surface area contributed by atoms with Crippen LogP contribution in [0.15, 0.2) is 4.52 Å². The summed E-state index contributed by atoms with van der Waals surface area (Å²) in [5, 5.41) is 9.93. The van der Waals surface area contributed by atoms with Gasteiger partial charge < -0.3 is 15.2 Å². The van der Waals surface area contributed by atoms with Crippen molar-refractivity contribution in [2.75, 3.05) is 19.6 Å². The maximum absolute atomic E-state index is 12.1. The molecule has 0 spiro atoms. The Labute approximate surface area is 107 Å². The summed E-state index contributed by atoms with van der Waals surface area (Å²) in [4.78, 5) is 16.2. The van der Waals surface area contributed by atoms with Crippen LogP contribution in [0.3, 0.4) is 0 Å². The zero-order valence-corrected chi connectivity index (χ0v) is 11.0. The van der Waals surface area contributed by atoms with Crippen molar-refractivity contribution in [1.82, 2.24) is 20.8 Å². The second-order valence-corrected chi connectivity index (χ2v) is 5.05. The van der Waals surface area contributed by atoms with Gasteiger partial charge in [-0.05, 0) is 32.9 Å². The van der Waals surface area contributed by atoms with Gasteiger partial charge in [0.1, 0.15) is 0 Å². The Hall–Kier alpha value is -1.43. The van der Waals surface area contributed by atoms with Gasteiger partial charge in [-0.2, -0.15) is 4.98 Å². The van der Waals surface area contributed by atoms with Crippen molar-refractivity contribution in [1.29, 1.82) is 0 Å². The first-order valence-corrected chi connectivity index (χ1v) is 6.38. The second-order valence-electron chi connectivity index (χ2n) is 5.05. The van der Waals surface area contributed by atoms with Gasteiger partial charge in [-0.1, -0.05) is 12.1 Å². The average Bonchev–Trinajstić information content (AvgIpc) is 2.76. The molecule has 0 saturated carbocycles. The summed E-state index contributed by atoms with van der Waals surface area (Å²) in [5.41, 5.74) is -0.240. The fourth-order valence-corrected chi connectivity index (χ4v) is 2.14. The van der Waals surface area contributed by atoms with Gasteiger partial charge in [-0.3, -0.25) is 4.79 Å². The predicted molar refractivity (Wildman–Crippen MR) is 66.0 cm³/mol. The van der Waals surface area contributed by atoms with Crippen molar-refractivity contribution in [3.63, 3.8) is 0 Å². The lowest BCUT2D eigenvalue weighted by molar-refractivity contribution is -0.131. The lowest BCUT2D eigenvalue weighted by Crippen LogP contribution is -2.46. The van der Waals surface area contributed by atoms with E-state index in [1.165, 1.54) is 0 Å². The minimum atomic E-state index is -0.240. The first kappa shape index (κ1) is 13.0. The summed E-state index contributed by atoms with van der Waals surface area (Å²) in [7, 11) is 0. The van der Waals surface area contributed by atoms with Crippen LogP contribution in [0.5, 0.6) is 0 Å². The van der Waals surface area contributed by atoms with Gasteiger partial charge in [0.15, 0.2) is 5.82 Å². The normalized spacial score (nSPS) is 18.6. The molecule has 0 aliphatic carbocycles. The molecule has 0 unspecified atom stereocenters. The van der Waals surface area contributed by atoms with Crippen molar-refractivity contribution in [2.45, 2.75) is 33.1 Å². The van der Waals surface area contributed by atoms with Crippen LogP contribution < -0.4 is 10.6 Å². The molecule has 2 N–H and O–H groups in total. The number of amides is 1. The Bertz CT molecular complexity index is 410. The average molecular weight is 252 g/mol. The van der Waals surface area contributed by atoms with E-state index >= 15 is 0 Å². The molecule has 1 fully saturated rings. The SMILES string of the molecule is Cc1noc(CCNC(=O)C2(C)CCNCC2)n1. The van der Waals surface area contributed by atoms with Gasteiger partial charge in [0.25, 0.3) is 0 Å². The highest BCUT2D eigenvalue weighted by Crippen LogP contribution is 2.27. The van der Waals surface area contributed by atoms with Crippen LogP contribution >= 0.6 is 0 Å². The highest BCUT2D eigenvalue weighted by molar-refractivity contribution is 5.82. The molecule has 100 valence electrons. The summed E-state index contributed by atoms with van der Waals surface area (Å²) in [5.74, 6) is 1.32. The number of rotatable bonds is 4. The van der Waals surface area contributed by atoms with Gasteiger partial charge in [0.05, 0.1) is 0 Å². The minimum absolute atomic E-state index is 0.125. The van der Waals surface area contributed by atoms with Crippen molar-refractivity contribution in [3.8, 4) is 0 Å². The number of aromatic nitrogens is 2. The van der Waals surface area contributed by atoms with Crippen LogP contribution in [0.1, 0.15) is 31.5 Å². The van der Waals surface area contributed by atoms with E-state index in [1.807, 2.05) is 6.92 Å². The van der Waals surface area contributed by atoms with E-state index in [-0.39, 0.29) is 11.3 Å². The molecule has 6 heteroatoms. The minimum Gasteiger partial charge on any atom is -0.355 e. The monoisotopic (exact) mass is 252 g/mol. The first-order chi connectivity index (χ1) is 8.60. The van der Waals surface area contributed by atoms with E-state index in [0.29, 0.717) is 24.7 Å². The van der Waals surface area contributed by atoms with Crippen LogP contribution in [-0.2, 0) is 11.2 Å². The van der Waals surface area contributed by atoms with Crippen molar-refractivity contribution in [2.24, 2.45) is 5.41 Å². The summed E-state index contributed by atoms with van der Waals surface area (Å²) in [6.45, 7) is 6.17. The zero-order chi connectivity index (χ0) is 13.0. The number of nitrogens with zero attached hydrogens (tertiary/aromatic N) is 2. The number of hydrogen-bond donors (Lipinski definition) is 2. The molecule has 1 aliphatic rings. The van der Waals surface area contributed by atoms with Gasteiger partial charge in [0.2, 0.25) is 11.8 Å². The Morgan fingerprint density at radius 2 is 2.22 bits per heavy atom. The van der Waals surface area contributed by atoms with Gasteiger partial charge in [-0.15, -0.1) is 0 Å². The molecule has 2 heterocycles. The second kappa shape index (κ2) is 5.48. The highest BCUT2D eigenvalue weighted by atomic mass is 16.5. The molecule has 6 nitrogen and oxygen atoms in total. The smallest absolute Gasteiger partial charge is 0.228 e. The third kappa shape index (κ3) is 3.07. The van der Waals surface area contributed by atoms with E-state index in [9.17, 15) is 4.79 Å². The Morgan fingerprint density at radius 3 is 2.83 bits per heavy atom. The molecule has 0 atom stereocenters. The molecular formula is C12H20N4O2. The molecule has 2 rings (SSSR count). The number of hydrogen-bond acceptors (Lipinski definition) is 5. The molecule has 18 heavy (non-hydrogen) atoms. The van der Waals surface area contributed by atoms with E-state index in [0.717, 1.165) is 25.9 Å². The largest absolute Gasteiger partial charge is 0.355 e. The molecule has 0 radical (unpaired) electrons. The number of aryl methyl sites for hydroxylation is 1. The van der Waals surface area contributed by atoms with Crippen molar-refractivity contribution < 1.29 is 9.32 Å². The summed E-state index contributed by atoms with van der Waals surface area (Å²) < 4.78 is 4.99. The zero-order valence-electron chi connectivity index (χ0n) is 11.0. The van der Waals surface area contributed by atoms with Gasteiger partial charge in [-0.25, -0.2) is 0 Å². The standard InChI is InChI=1S/C12H20N4O2/c1-9-15-10(18-16-9)3-6-14-11(17)12(2)4-7-13-8-5-12/h13H,3-8H2,1-2H3,(H,14,17). The molecule has 1 saturated heterocycles. The Balaban J connectivity index is 1.77. The van der Waals surface area contributed by atoms with E-state index in [2.05, 4.69) is 20.8 Å². The number of carbonyl (C=O) groups is 1. The molecule has 0 aromatic carbocycles. The van der Waals surface area contributed by atoms with Gasteiger partial charge in [0, 0.05) is 18.4 Å². The lowest BCUT2D eigenvalue weighted by atomic mass is 9.80. The van der Waals surface area contributed by atoms with Crippen LogP contribution in [0, 0.1) is 12.3 Å². The van der Waals surface area contributed by atoms with Crippen molar-refractivity contribution in [3.05, 3.63) is 11.7 Å². The van der Waals surface area contributed by atoms with E-state index < -0.39 is 0 Å². The maximum atomic E-state index is 12.1. The molecule has 0 bridgehead atoms. The van der Waals surface area contributed by atoms with Crippen LogP contribution in [0.4, 0.5) is 0 Å². The lowest BCUT2D eigenvalue weighted by Gasteiger charge is -2.32. The fourth-order valence-electron chi connectivity index (χ4n) is 2.14. The molecule has 1 aromatic heterocycles. The number of piperidine rings is 1. The van der Waals surface area contributed by atoms with Crippen LogP contribution in [-0.4, -0.2) is 35.7 Å². The first-order valence-electron chi connectivity index (χ1n) is 6.38. The third-order valence-corrected chi connectivity index (χ3v) is 3.45. The topological polar surface area (TPSA) is 80.0 Å². The van der Waals surface area contributed by atoms with E-state index in [1.54, 1.807) is 6.92 Å². The highest BCUT2D eigenvalue weighted by Gasteiger charge is 2.34. The molecule has 1 amide bonds. The predicted octanol–water partition coefficient (Wildman–Crippen LogP) is 0.426. The number of nitrogens with one attached hydrogen (secondary N) is 2. The third-order valence-electron chi connectivity index (χ3n) is 3.45. The Kier molecular flexibility index (Phi) is 3.96. The molecular weight excluding hydrogens is 232 g/mol. The van der Waals surface area contributed by atoms with Crippen LogP contribution in [0.2, 0.25) is 0 Å². The summed E-state index contributed by atoms with van der Waals surface area (Å²) >= 11 is 0. The Morgan fingerprint density at radius 1 is 1.50 bits per heavy atom. The van der Waals surface area contributed by atoms with E-state index in [4.69, 9.17) is 4.52 Å². The maximum Gasteiger partial charge on any atom is 0.228 e. The number of carbonyl (C=O) groups excluding carboxylic acids is 1. The quantitative estimate of drug-likeness (QED) is 0.812. The van der Waals surface area contributed by atoms with Crippen LogP contribution in [0.25, 0.3) is 0 Å². The van der Waals surface area contributed by atoms with Crippen molar-refractivity contribution >= 4 is 5.91 Å².